The molecule has 0 spiro atoms. The summed E-state index contributed by atoms with van der Waals surface area (Å²) >= 11 is 0. The SMILES string of the molecule is O=S(=O)(O)OOS(=O)(=O)O.[CaH2].[NaH]. The van der Waals surface area contributed by atoms with Gasteiger partial charge in [-0.15, -0.1) is 0 Å². The van der Waals surface area contributed by atoms with Gasteiger partial charge in [-0.1, -0.05) is 8.67 Å². The molecular weight excluding hydrogens is 255 g/mol. The predicted molar refractivity (Wildman–Crippen MR) is 41.0 cm³/mol. The van der Waals surface area contributed by atoms with Crippen molar-refractivity contribution in [2.24, 2.45) is 0 Å². The summed E-state index contributed by atoms with van der Waals surface area (Å²) in [5.74, 6) is 0. The molecule has 0 unspecified atom stereocenters. The van der Waals surface area contributed by atoms with Crippen molar-refractivity contribution in [2.75, 3.05) is 0 Å². The van der Waals surface area contributed by atoms with E-state index >= 15 is 0 Å². The van der Waals surface area contributed by atoms with Crippen molar-refractivity contribution >= 4 is 88.1 Å². The molecule has 0 aromatic rings. The normalized spacial score (nSPS) is 11.2. The van der Waals surface area contributed by atoms with Crippen LogP contribution in [-0.4, -0.2) is 93.2 Å². The molecule has 0 aromatic heterocycles. The van der Waals surface area contributed by atoms with Gasteiger partial charge in [-0.2, -0.15) is 16.8 Å². The van der Waals surface area contributed by atoms with Gasteiger partial charge < -0.3 is 0 Å². The Balaban J connectivity index is -0.000000405. The molecule has 0 rings (SSSR count). The van der Waals surface area contributed by atoms with Crippen LogP contribution in [0.5, 0.6) is 0 Å². The fourth-order valence-electron chi connectivity index (χ4n) is 0.0702. The average Bonchev–Trinajstić information content (AvgIpc) is 1.57. The van der Waals surface area contributed by atoms with Gasteiger partial charge in [0.15, 0.2) is 0 Å². The second kappa shape index (κ2) is 7.31. The third kappa shape index (κ3) is 17.9. The van der Waals surface area contributed by atoms with Gasteiger partial charge in [-0.25, -0.2) is 0 Å². The number of hydrogen-bond acceptors (Lipinski definition) is 6. The molecule has 0 heterocycles. The van der Waals surface area contributed by atoms with Gasteiger partial charge in [0, 0.05) is 0 Å². The molecule has 0 aliphatic carbocycles. The molecule has 0 fully saturated rings. The van der Waals surface area contributed by atoms with E-state index in [1.54, 1.807) is 0 Å². The van der Waals surface area contributed by atoms with Crippen LogP contribution < -0.4 is 0 Å². The van der Waals surface area contributed by atoms with Crippen molar-refractivity contribution in [2.45, 2.75) is 0 Å². The Bertz CT molecular complexity index is 253. The third-order valence-electron chi connectivity index (χ3n) is 0.200. The summed E-state index contributed by atoms with van der Waals surface area (Å²) in [6, 6.07) is 0. The molecule has 0 radical (unpaired) electrons. The zero-order valence-electron chi connectivity index (χ0n) is 4.16. The van der Waals surface area contributed by atoms with Gasteiger partial charge in [-0.05, 0) is 0 Å². The van der Waals surface area contributed by atoms with Crippen LogP contribution in [0.3, 0.4) is 0 Å². The van der Waals surface area contributed by atoms with E-state index < -0.39 is 20.8 Å². The van der Waals surface area contributed by atoms with Crippen molar-refractivity contribution in [1.29, 1.82) is 0 Å². The summed E-state index contributed by atoms with van der Waals surface area (Å²) in [5.41, 5.74) is 0. The Labute approximate surface area is 121 Å². The summed E-state index contributed by atoms with van der Waals surface area (Å²) in [6.45, 7) is 0. The molecule has 12 heavy (non-hydrogen) atoms. The van der Waals surface area contributed by atoms with Crippen LogP contribution in [0.4, 0.5) is 0 Å². The van der Waals surface area contributed by atoms with E-state index in [2.05, 4.69) is 8.67 Å². The van der Waals surface area contributed by atoms with Crippen LogP contribution in [0.2, 0.25) is 0 Å². The van der Waals surface area contributed by atoms with Crippen molar-refractivity contribution in [1.82, 2.24) is 0 Å². The molecule has 0 bridgehead atoms. The van der Waals surface area contributed by atoms with Gasteiger partial charge in [-0.3, -0.25) is 9.11 Å². The summed E-state index contributed by atoms with van der Waals surface area (Å²) in [5, 5.41) is 0. The first-order valence-electron chi connectivity index (χ1n) is 1.53. The van der Waals surface area contributed by atoms with Gasteiger partial charge >= 0.3 is 88.1 Å². The summed E-state index contributed by atoms with van der Waals surface area (Å²) < 4.78 is 58.9. The van der Waals surface area contributed by atoms with Gasteiger partial charge in [0.1, 0.15) is 0 Å². The van der Waals surface area contributed by atoms with Gasteiger partial charge in [0.05, 0.1) is 0 Å². The molecule has 0 saturated heterocycles. The van der Waals surface area contributed by atoms with E-state index in [1.165, 1.54) is 0 Å². The standard InChI is InChI=1S/Ca.Na.H2O8S2.3H/c;;1-9(2,3)7-8-10(4,5)6;;;/h;;(H,1,2,3)(H,4,5,6);;;. The monoisotopic (exact) mass is 260 g/mol. The fourth-order valence-corrected chi connectivity index (χ4v) is 0.632. The maximum atomic E-state index is 9.51. The minimum absolute atomic E-state index is 0. The number of hydrogen-bond donors (Lipinski definition) is 2. The second-order valence-electron chi connectivity index (χ2n) is 0.992. The topological polar surface area (TPSA) is 127 Å². The van der Waals surface area contributed by atoms with Gasteiger partial charge in [0.2, 0.25) is 0 Å². The summed E-state index contributed by atoms with van der Waals surface area (Å²) in [6.07, 6.45) is 0. The molecule has 8 nitrogen and oxygen atoms in total. The van der Waals surface area contributed by atoms with Crippen molar-refractivity contribution < 1.29 is 34.6 Å². The van der Waals surface area contributed by atoms with E-state index in [-0.39, 0.29) is 67.3 Å². The molecule has 2 N–H and O–H groups in total. The van der Waals surface area contributed by atoms with Gasteiger partial charge in [0.25, 0.3) is 0 Å². The zero-order chi connectivity index (χ0) is 8.41. The molecule has 68 valence electrons. The van der Waals surface area contributed by atoms with E-state index in [0.29, 0.717) is 0 Å². The zero-order valence-corrected chi connectivity index (χ0v) is 5.79. The van der Waals surface area contributed by atoms with Crippen LogP contribution in [0.1, 0.15) is 0 Å². The van der Waals surface area contributed by atoms with Crippen molar-refractivity contribution in [3.05, 3.63) is 0 Å². The van der Waals surface area contributed by atoms with E-state index in [9.17, 15) is 16.8 Å². The summed E-state index contributed by atoms with van der Waals surface area (Å²) in [4.78, 5) is 0. The number of rotatable bonds is 3. The molecule has 0 atom stereocenters. The summed E-state index contributed by atoms with van der Waals surface area (Å²) in [7, 11) is -10.0. The van der Waals surface area contributed by atoms with E-state index in [4.69, 9.17) is 9.11 Å². The molecular formula is H5CaNaO8S2. The van der Waals surface area contributed by atoms with Crippen LogP contribution in [0.25, 0.3) is 0 Å². The first-order chi connectivity index (χ1) is 4.21. The first kappa shape index (κ1) is 19.6. The molecule has 0 aliphatic heterocycles. The Hall–Kier alpha value is 2.00. The average molecular weight is 260 g/mol. The van der Waals surface area contributed by atoms with Crippen LogP contribution >= 0.6 is 0 Å². The molecule has 0 aromatic carbocycles. The Morgan fingerprint density at radius 1 is 0.833 bits per heavy atom. The Morgan fingerprint density at radius 3 is 1.08 bits per heavy atom. The first-order valence-corrected chi connectivity index (χ1v) is 4.26. The molecule has 0 amide bonds. The van der Waals surface area contributed by atoms with Crippen molar-refractivity contribution in [3.8, 4) is 0 Å². The van der Waals surface area contributed by atoms with Crippen molar-refractivity contribution in [3.63, 3.8) is 0 Å². The van der Waals surface area contributed by atoms with Crippen LogP contribution in [0, 0.1) is 0 Å². The van der Waals surface area contributed by atoms with Crippen LogP contribution in [0.15, 0.2) is 0 Å². The quantitative estimate of drug-likeness (QED) is 0.237. The minimum atomic E-state index is -5.02. The van der Waals surface area contributed by atoms with Crippen LogP contribution in [-0.2, 0) is 29.5 Å². The molecule has 12 heteroatoms. The maximum absolute atomic E-state index is 9.51. The fraction of sp³-hybridized carbons (Fsp3) is 0. The predicted octanol–water partition coefficient (Wildman–Crippen LogP) is -3.02. The third-order valence-corrected chi connectivity index (χ3v) is 0.766. The van der Waals surface area contributed by atoms with E-state index in [0.717, 1.165) is 0 Å². The Morgan fingerprint density at radius 2 is 1.00 bits per heavy atom. The molecule has 0 saturated carbocycles. The Kier molecular flexibility index (Phi) is 11.9. The van der Waals surface area contributed by atoms with E-state index in [1.807, 2.05) is 0 Å². The molecule has 0 aliphatic rings. The second-order valence-corrected chi connectivity index (χ2v) is 2.97.